The number of thiophene rings is 1. The number of carbonyl (C=O) groups is 1. The molecule has 0 amide bonds. The SMILES string of the molecule is CCOC(=O)c1csc(N(C)CCc2cccs2)n1. The Balaban J connectivity index is 1.92. The van der Waals surface area contributed by atoms with Crippen LogP contribution < -0.4 is 4.90 Å². The highest BCUT2D eigenvalue weighted by Gasteiger charge is 2.13. The first kappa shape index (κ1) is 14.0. The average molecular weight is 296 g/mol. The zero-order valence-electron chi connectivity index (χ0n) is 11.0. The highest BCUT2D eigenvalue weighted by Crippen LogP contribution is 2.20. The average Bonchev–Trinajstić information content (AvgIpc) is 3.07. The third-order valence-electron chi connectivity index (χ3n) is 2.58. The van der Waals surface area contributed by atoms with Gasteiger partial charge in [-0.1, -0.05) is 6.07 Å². The van der Waals surface area contributed by atoms with Gasteiger partial charge in [0.2, 0.25) is 0 Å². The van der Waals surface area contributed by atoms with Gasteiger partial charge in [-0.05, 0) is 24.8 Å². The Morgan fingerprint density at radius 2 is 2.32 bits per heavy atom. The zero-order chi connectivity index (χ0) is 13.7. The van der Waals surface area contributed by atoms with Gasteiger partial charge < -0.3 is 9.64 Å². The van der Waals surface area contributed by atoms with E-state index in [1.807, 2.05) is 7.05 Å². The van der Waals surface area contributed by atoms with E-state index in [-0.39, 0.29) is 5.97 Å². The molecule has 0 radical (unpaired) electrons. The molecular weight excluding hydrogens is 280 g/mol. The Morgan fingerprint density at radius 1 is 1.47 bits per heavy atom. The van der Waals surface area contributed by atoms with Crippen molar-refractivity contribution in [3.63, 3.8) is 0 Å². The fraction of sp³-hybridized carbons (Fsp3) is 0.385. The van der Waals surface area contributed by atoms with Crippen LogP contribution in [0.2, 0.25) is 0 Å². The first-order valence-corrected chi connectivity index (χ1v) is 7.82. The first-order chi connectivity index (χ1) is 9.20. The van der Waals surface area contributed by atoms with Gasteiger partial charge in [-0.25, -0.2) is 9.78 Å². The Bertz CT molecular complexity index is 522. The normalized spacial score (nSPS) is 10.4. The van der Waals surface area contributed by atoms with Crippen molar-refractivity contribution < 1.29 is 9.53 Å². The Kier molecular flexibility index (Phi) is 4.93. The Morgan fingerprint density at radius 3 is 3.00 bits per heavy atom. The molecule has 19 heavy (non-hydrogen) atoms. The molecule has 0 unspecified atom stereocenters. The third kappa shape index (κ3) is 3.78. The summed E-state index contributed by atoms with van der Waals surface area (Å²) in [7, 11) is 1.99. The number of anilines is 1. The molecule has 2 aromatic heterocycles. The summed E-state index contributed by atoms with van der Waals surface area (Å²) < 4.78 is 4.93. The van der Waals surface area contributed by atoms with Gasteiger partial charge in [0.15, 0.2) is 10.8 Å². The molecule has 0 aliphatic rings. The maximum atomic E-state index is 11.5. The molecule has 2 heterocycles. The molecule has 0 aromatic carbocycles. The van der Waals surface area contributed by atoms with Gasteiger partial charge in [0.25, 0.3) is 0 Å². The van der Waals surface area contributed by atoms with Crippen LogP contribution in [-0.2, 0) is 11.2 Å². The van der Waals surface area contributed by atoms with E-state index in [4.69, 9.17) is 4.74 Å². The lowest BCUT2D eigenvalue weighted by atomic mass is 10.3. The van der Waals surface area contributed by atoms with Crippen molar-refractivity contribution in [1.82, 2.24) is 4.98 Å². The number of esters is 1. The van der Waals surface area contributed by atoms with E-state index < -0.39 is 0 Å². The van der Waals surface area contributed by atoms with E-state index >= 15 is 0 Å². The smallest absolute Gasteiger partial charge is 0.357 e. The van der Waals surface area contributed by atoms with E-state index in [9.17, 15) is 4.79 Å². The Labute approximate surface area is 120 Å². The van der Waals surface area contributed by atoms with Gasteiger partial charge in [-0.2, -0.15) is 0 Å². The third-order valence-corrected chi connectivity index (χ3v) is 4.47. The number of aromatic nitrogens is 1. The fourth-order valence-electron chi connectivity index (χ4n) is 1.57. The standard InChI is InChI=1S/C13H16N2O2S2/c1-3-17-12(16)11-9-19-13(14-11)15(2)7-6-10-5-4-8-18-10/h4-5,8-9H,3,6-7H2,1-2H3. The van der Waals surface area contributed by atoms with E-state index in [2.05, 4.69) is 27.4 Å². The van der Waals surface area contributed by atoms with E-state index in [1.165, 1.54) is 16.2 Å². The van der Waals surface area contributed by atoms with Gasteiger partial charge in [0.05, 0.1) is 6.61 Å². The second-order valence-electron chi connectivity index (χ2n) is 3.99. The quantitative estimate of drug-likeness (QED) is 0.768. The summed E-state index contributed by atoms with van der Waals surface area (Å²) in [4.78, 5) is 19.3. The van der Waals surface area contributed by atoms with Gasteiger partial charge >= 0.3 is 5.97 Å². The van der Waals surface area contributed by atoms with Crippen LogP contribution in [0, 0.1) is 0 Å². The first-order valence-electron chi connectivity index (χ1n) is 6.07. The molecule has 0 saturated carbocycles. The molecule has 0 fully saturated rings. The van der Waals surface area contributed by atoms with Crippen LogP contribution in [0.5, 0.6) is 0 Å². The number of thiazole rings is 1. The van der Waals surface area contributed by atoms with Gasteiger partial charge in [-0.15, -0.1) is 22.7 Å². The van der Waals surface area contributed by atoms with E-state index in [1.54, 1.807) is 23.6 Å². The number of hydrogen-bond acceptors (Lipinski definition) is 6. The van der Waals surface area contributed by atoms with Gasteiger partial charge in [0, 0.05) is 23.8 Å². The highest BCUT2D eigenvalue weighted by atomic mass is 32.1. The molecule has 2 aromatic rings. The summed E-state index contributed by atoms with van der Waals surface area (Å²) in [5.41, 5.74) is 0.393. The van der Waals surface area contributed by atoms with Crippen LogP contribution in [0.3, 0.4) is 0 Å². The predicted octanol–water partition coefficient (Wildman–Crippen LogP) is 3.06. The van der Waals surface area contributed by atoms with Crippen LogP contribution in [0.4, 0.5) is 5.13 Å². The number of nitrogens with zero attached hydrogens (tertiary/aromatic N) is 2. The van der Waals surface area contributed by atoms with Crippen LogP contribution in [-0.4, -0.2) is 31.2 Å². The summed E-state index contributed by atoms with van der Waals surface area (Å²) in [6.45, 7) is 3.05. The maximum absolute atomic E-state index is 11.5. The number of rotatable bonds is 6. The largest absolute Gasteiger partial charge is 0.461 e. The molecule has 2 rings (SSSR count). The number of hydrogen-bond donors (Lipinski definition) is 0. The molecule has 6 heteroatoms. The van der Waals surface area contributed by atoms with E-state index in [0.717, 1.165) is 18.1 Å². The van der Waals surface area contributed by atoms with Gasteiger partial charge in [0.1, 0.15) is 0 Å². The van der Waals surface area contributed by atoms with Crippen LogP contribution in [0.25, 0.3) is 0 Å². The fourth-order valence-corrected chi connectivity index (χ4v) is 3.05. The van der Waals surface area contributed by atoms with Crippen molar-refractivity contribution in [3.8, 4) is 0 Å². The lowest BCUT2D eigenvalue weighted by Gasteiger charge is -2.14. The molecular formula is C13H16N2O2S2. The minimum absolute atomic E-state index is 0.350. The topological polar surface area (TPSA) is 42.4 Å². The predicted molar refractivity (Wildman–Crippen MR) is 79.4 cm³/mol. The number of likely N-dealkylation sites (N-methyl/N-ethyl adjacent to an activating group) is 1. The second-order valence-corrected chi connectivity index (χ2v) is 5.86. The molecule has 0 spiro atoms. The van der Waals surface area contributed by atoms with Crippen LogP contribution >= 0.6 is 22.7 Å². The van der Waals surface area contributed by atoms with Crippen molar-refractivity contribution in [2.24, 2.45) is 0 Å². The summed E-state index contributed by atoms with van der Waals surface area (Å²) in [5.74, 6) is -0.350. The molecule has 0 N–H and O–H groups in total. The minimum atomic E-state index is -0.350. The maximum Gasteiger partial charge on any atom is 0.357 e. The van der Waals surface area contributed by atoms with Crippen molar-refractivity contribution in [1.29, 1.82) is 0 Å². The molecule has 102 valence electrons. The van der Waals surface area contributed by atoms with Crippen molar-refractivity contribution in [2.75, 3.05) is 25.1 Å². The molecule has 0 saturated heterocycles. The zero-order valence-corrected chi connectivity index (χ0v) is 12.6. The lowest BCUT2D eigenvalue weighted by molar-refractivity contribution is 0.0520. The Hall–Kier alpha value is -1.40. The summed E-state index contributed by atoms with van der Waals surface area (Å²) >= 11 is 3.23. The van der Waals surface area contributed by atoms with E-state index in [0.29, 0.717) is 12.3 Å². The second kappa shape index (κ2) is 6.68. The molecule has 0 atom stereocenters. The van der Waals surface area contributed by atoms with Crippen molar-refractivity contribution in [2.45, 2.75) is 13.3 Å². The molecule has 0 bridgehead atoms. The summed E-state index contributed by atoms with van der Waals surface area (Å²) in [5, 5.41) is 4.67. The monoisotopic (exact) mass is 296 g/mol. The molecule has 4 nitrogen and oxygen atoms in total. The number of ether oxygens (including phenoxy) is 1. The minimum Gasteiger partial charge on any atom is -0.461 e. The summed E-state index contributed by atoms with van der Waals surface area (Å²) in [6, 6.07) is 4.19. The van der Waals surface area contributed by atoms with Crippen LogP contribution in [0.1, 0.15) is 22.3 Å². The molecule has 0 aliphatic heterocycles. The lowest BCUT2D eigenvalue weighted by Crippen LogP contribution is -2.20. The van der Waals surface area contributed by atoms with Gasteiger partial charge in [-0.3, -0.25) is 0 Å². The van der Waals surface area contributed by atoms with Crippen molar-refractivity contribution >= 4 is 33.8 Å². The summed E-state index contributed by atoms with van der Waals surface area (Å²) in [6.07, 6.45) is 0.989. The molecule has 0 aliphatic carbocycles. The number of carbonyl (C=O) groups excluding carboxylic acids is 1. The van der Waals surface area contributed by atoms with Crippen molar-refractivity contribution in [3.05, 3.63) is 33.5 Å². The van der Waals surface area contributed by atoms with Crippen LogP contribution in [0.15, 0.2) is 22.9 Å². The highest BCUT2D eigenvalue weighted by molar-refractivity contribution is 7.14.